The van der Waals surface area contributed by atoms with E-state index in [9.17, 15) is 39.0 Å². The summed E-state index contributed by atoms with van der Waals surface area (Å²) in [6.07, 6.45) is 2.91. The largest absolute Gasteiger partial charge is 0.507 e. The molecule has 2 saturated heterocycles. The predicted octanol–water partition coefficient (Wildman–Crippen LogP) is 4.40. The number of aromatic hydroxyl groups is 2. The molecule has 6 atom stereocenters. The molecule has 4 bridgehead atoms. The number of nitrogens with zero attached hydrogens (tertiary/aromatic N) is 2. The fourth-order valence-electron chi connectivity index (χ4n) is 9.70. The molecule has 2 fully saturated rings. The number of esters is 2. The number of carbonyl (C=O) groups excluding carboxylic acids is 6. The third-order valence-corrected chi connectivity index (χ3v) is 15.7. The van der Waals surface area contributed by atoms with Crippen molar-refractivity contribution in [1.82, 2.24) is 31.1 Å². The molecule has 16 nitrogen and oxygen atoms in total. The first kappa shape index (κ1) is 52.7. The fourth-order valence-corrected chi connectivity index (χ4v) is 12.0. The van der Waals surface area contributed by atoms with Gasteiger partial charge in [-0.1, -0.05) is 118 Å². The lowest BCUT2D eigenvalue weighted by Gasteiger charge is -2.28. The zero-order valence-electron chi connectivity index (χ0n) is 40.6. The molecular weight excluding hydrogens is 945 g/mol. The summed E-state index contributed by atoms with van der Waals surface area (Å²) in [4.78, 5) is 87.4. The van der Waals surface area contributed by atoms with E-state index in [1.807, 2.05) is 109 Å². The number of methoxy groups -OCH3 is 2. The number of fused-ring (bicyclic) bond motifs is 6. The summed E-state index contributed by atoms with van der Waals surface area (Å²) in [7, 11) is 4.74. The maximum atomic E-state index is 14.3. The minimum absolute atomic E-state index is 0.00119. The Bertz CT molecular complexity index is 2380. The van der Waals surface area contributed by atoms with Crippen LogP contribution in [-0.4, -0.2) is 131 Å². The van der Waals surface area contributed by atoms with Gasteiger partial charge in [-0.05, 0) is 74.9 Å². The Labute approximate surface area is 422 Å². The van der Waals surface area contributed by atoms with E-state index < -0.39 is 60.0 Å². The van der Waals surface area contributed by atoms with Crippen LogP contribution in [0.4, 0.5) is 0 Å². The van der Waals surface area contributed by atoms with Crippen molar-refractivity contribution in [2.24, 2.45) is 0 Å². The van der Waals surface area contributed by atoms with Crippen LogP contribution in [0.2, 0.25) is 0 Å². The second-order valence-electron chi connectivity index (χ2n) is 18.5. The van der Waals surface area contributed by atoms with Gasteiger partial charge < -0.3 is 41.0 Å². The second kappa shape index (κ2) is 24.8. The maximum Gasteiger partial charge on any atom is 0.329 e. The quantitative estimate of drug-likeness (QED) is 0.117. The van der Waals surface area contributed by atoms with Crippen LogP contribution in [0.3, 0.4) is 0 Å². The van der Waals surface area contributed by atoms with Crippen LogP contribution in [0, 0.1) is 13.8 Å². The molecule has 3 heterocycles. The lowest BCUT2D eigenvalue weighted by atomic mass is 9.95. The van der Waals surface area contributed by atoms with Crippen LogP contribution in [0.5, 0.6) is 11.5 Å². The Morgan fingerprint density at radius 1 is 0.577 bits per heavy atom. The molecule has 0 saturated carbocycles. The van der Waals surface area contributed by atoms with Gasteiger partial charge in [0, 0.05) is 55.0 Å². The summed E-state index contributed by atoms with van der Waals surface area (Å²) < 4.78 is 10.2. The average molecular weight is 1010 g/mol. The second-order valence-corrected chi connectivity index (χ2v) is 21.1. The molecule has 0 aromatic heterocycles. The summed E-state index contributed by atoms with van der Waals surface area (Å²) in [5.41, 5.74) is 5.77. The van der Waals surface area contributed by atoms with Crippen molar-refractivity contribution in [2.75, 3.05) is 38.8 Å². The van der Waals surface area contributed by atoms with Crippen molar-refractivity contribution in [1.29, 1.82) is 0 Å². The van der Waals surface area contributed by atoms with Crippen LogP contribution in [0.25, 0.3) is 0 Å². The number of rotatable bonds is 6. The number of amides is 4. The lowest BCUT2D eigenvalue weighted by Crippen LogP contribution is -2.56. The number of benzene rings is 4. The smallest absolute Gasteiger partial charge is 0.329 e. The van der Waals surface area contributed by atoms with Crippen LogP contribution < -0.4 is 21.3 Å². The molecule has 0 spiro atoms. The van der Waals surface area contributed by atoms with Crippen LogP contribution in [0.1, 0.15) is 70.2 Å². The zero-order chi connectivity index (χ0) is 50.6. The SMILES string of the molecule is COC(=O)[C@@H]1CSSC[C@@H](C(=O)OC)NC(=O)[C@H](Cc2ccccc2)NC(=O)[C@@H]2CCCN2Cc2cc(C)cc(c2O)Cc2cc(C)cc(c2O)CN2CCC[C@H]2C(=O)NC(Cc2ccccc2)C(=O)N1. The van der Waals surface area contributed by atoms with Crippen molar-refractivity contribution >= 4 is 57.2 Å². The number of hydrogen-bond donors (Lipinski definition) is 6. The minimum atomic E-state index is -1.16. The summed E-state index contributed by atoms with van der Waals surface area (Å²) in [5.74, 6) is -3.27. The number of hydrogen-bond acceptors (Lipinski definition) is 14. The van der Waals surface area contributed by atoms with E-state index >= 15 is 0 Å². The first-order valence-electron chi connectivity index (χ1n) is 24.0. The zero-order valence-corrected chi connectivity index (χ0v) is 42.2. The first-order chi connectivity index (χ1) is 34.2. The lowest BCUT2D eigenvalue weighted by molar-refractivity contribution is -0.145. The number of phenols is 2. The summed E-state index contributed by atoms with van der Waals surface area (Å²) in [6.45, 7) is 5.51. The number of ether oxygens (including phenoxy) is 2. The highest BCUT2D eigenvalue weighted by Crippen LogP contribution is 2.35. The van der Waals surface area contributed by atoms with E-state index in [1.54, 1.807) is 0 Å². The summed E-state index contributed by atoms with van der Waals surface area (Å²) >= 11 is 0. The van der Waals surface area contributed by atoms with Crippen molar-refractivity contribution in [3.05, 3.63) is 129 Å². The molecule has 4 aromatic carbocycles. The first-order valence-corrected chi connectivity index (χ1v) is 26.5. The highest BCUT2D eigenvalue weighted by atomic mass is 33.1. The molecule has 71 heavy (non-hydrogen) atoms. The Morgan fingerprint density at radius 3 is 1.34 bits per heavy atom. The monoisotopic (exact) mass is 1010 g/mol. The molecule has 4 aromatic rings. The van der Waals surface area contributed by atoms with Crippen molar-refractivity contribution in [2.45, 2.75) is 108 Å². The highest BCUT2D eigenvalue weighted by molar-refractivity contribution is 8.76. The van der Waals surface area contributed by atoms with Gasteiger partial charge in [-0.15, -0.1) is 0 Å². The normalized spacial score (nSPS) is 23.5. The van der Waals surface area contributed by atoms with Gasteiger partial charge in [-0.2, -0.15) is 0 Å². The Hall–Kier alpha value is -6.08. The van der Waals surface area contributed by atoms with Crippen molar-refractivity contribution < 1.29 is 48.5 Å². The van der Waals surface area contributed by atoms with E-state index in [4.69, 9.17) is 9.47 Å². The molecule has 0 radical (unpaired) electrons. The van der Waals surface area contributed by atoms with Gasteiger partial charge in [0.05, 0.1) is 26.3 Å². The molecule has 378 valence electrons. The standard InChI is InChI=1S/C53H64N6O10S2/c1-32-21-36-27-37-22-33(2)24-39(47(37)61)29-59-20-12-18-45(59)51(65)55-41(26-35-15-9-6-10-16-35)49(63)57-43(53(67)69-4)31-71-70-30-42(52(66)68-3)56-48(62)40(25-34-13-7-5-8-14-34)54-50(64)44-17-11-19-58(44)28-38(23-32)46(36)60/h5-10,13-16,21-24,40-45,60-61H,11-12,17-20,25-31H2,1-4H3,(H,54,64)(H,55,65)(H,56,62)(H,57,63)/t40-,41?,42-,43-,44-,45-/m0/s1. The molecule has 18 heteroatoms. The van der Waals surface area contributed by atoms with Gasteiger partial charge >= 0.3 is 11.9 Å². The molecule has 6 N–H and O–H groups in total. The average Bonchev–Trinajstić information content (AvgIpc) is 4.04. The molecule has 1 unspecified atom stereocenters. The van der Waals surface area contributed by atoms with E-state index in [0.29, 0.717) is 61.0 Å². The molecule has 4 amide bonds. The maximum absolute atomic E-state index is 14.3. The minimum Gasteiger partial charge on any atom is -0.507 e. The Balaban J connectivity index is 1.22. The number of phenolic OH excluding ortho intramolecular Hbond substituents is 2. The van der Waals surface area contributed by atoms with E-state index in [1.165, 1.54) is 14.2 Å². The van der Waals surface area contributed by atoms with Gasteiger partial charge in [0.1, 0.15) is 35.7 Å². The van der Waals surface area contributed by atoms with Gasteiger partial charge in [0.25, 0.3) is 0 Å². The van der Waals surface area contributed by atoms with Crippen LogP contribution in [-0.2, 0) is 70.6 Å². The van der Waals surface area contributed by atoms with Crippen LogP contribution in [0.15, 0.2) is 84.9 Å². The summed E-state index contributed by atoms with van der Waals surface area (Å²) in [5, 5.41) is 35.3. The molecule has 3 aliphatic heterocycles. The molecular formula is C53H64N6O10S2. The van der Waals surface area contributed by atoms with Gasteiger partial charge in [-0.25, -0.2) is 9.59 Å². The van der Waals surface area contributed by atoms with E-state index in [0.717, 1.165) is 43.8 Å². The number of carbonyl (C=O) groups is 6. The van der Waals surface area contributed by atoms with Crippen molar-refractivity contribution in [3.63, 3.8) is 0 Å². The van der Waals surface area contributed by atoms with Crippen molar-refractivity contribution in [3.8, 4) is 11.5 Å². The number of aryl methyl sites for hydroxylation is 2. The fraction of sp³-hybridized carbons (Fsp3) is 0.434. The van der Waals surface area contributed by atoms with E-state index in [-0.39, 0.29) is 67.2 Å². The van der Waals surface area contributed by atoms with Gasteiger partial charge in [-0.3, -0.25) is 29.0 Å². The van der Waals surface area contributed by atoms with Gasteiger partial charge in [0.2, 0.25) is 23.6 Å². The Morgan fingerprint density at radius 2 is 0.958 bits per heavy atom. The summed E-state index contributed by atoms with van der Waals surface area (Å²) in [6, 6.07) is 20.2. The van der Waals surface area contributed by atoms with E-state index in [2.05, 4.69) is 21.3 Å². The highest BCUT2D eigenvalue weighted by Gasteiger charge is 2.37. The molecule has 7 rings (SSSR count). The molecule has 0 aliphatic carbocycles. The topological polar surface area (TPSA) is 216 Å². The van der Waals surface area contributed by atoms with Crippen LogP contribution >= 0.6 is 21.6 Å². The third kappa shape index (κ3) is 13.9. The predicted molar refractivity (Wildman–Crippen MR) is 272 cm³/mol. The number of nitrogens with one attached hydrogen (secondary N) is 4. The molecule has 3 aliphatic rings. The third-order valence-electron chi connectivity index (χ3n) is 13.3. The Kier molecular flexibility index (Phi) is 18.5. The van der Waals surface area contributed by atoms with Gasteiger partial charge in [0.15, 0.2) is 0 Å².